The number of hydrogen-bond acceptors (Lipinski definition) is 2. The van der Waals surface area contributed by atoms with Crippen LogP contribution in [0, 0.1) is 0 Å². The molecule has 0 spiro atoms. The summed E-state index contributed by atoms with van der Waals surface area (Å²) < 4.78 is 2.14. The molecule has 1 aromatic heterocycles. The van der Waals surface area contributed by atoms with E-state index < -0.39 is 0 Å². The number of nitrogens with zero attached hydrogens (tertiary/aromatic N) is 3. The third-order valence-electron chi connectivity index (χ3n) is 5.45. The van der Waals surface area contributed by atoms with Crippen LogP contribution in [0.25, 0.3) is 11.1 Å². The van der Waals surface area contributed by atoms with Gasteiger partial charge in [0.25, 0.3) is 0 Å². The normalized spacial score (nSPS) is 22.9. The van der Waals surface area contributed by atoms with E-state index in [1.807, 2.05) is 6.20 Å². The Morgan fingerprint density at radius 2 is 1.82 bits per heavy atom. The lowest BCUT2D eigenvalue weighted by Crippen LogP contribution is -2.30. The molecule has 0 N–H and O–H groups in total. The van der Waals surface area contributed by atoms with Gasteiger partial charge in [0.15, 0.2) is 0 Å². The Hall–Kier alpha value is -1.77. The molecular formula is C19H23N3. The molecule has 3 heteroatoms. The highest BCUT2D eigenvalue weighted by Crippen LogP contribution is 2.47. The highest BCUT2D eigenvalue weighted by molar-refractivity contribution is 5.73. The van der Waals surface area contributed by atoms with E-state index in [2.05, 4.69) is 52.9 Å². The number of rotatable bonds is 3. The van der Waals surface area contributed by atoms with Gasteiger partial charge >= 0.3 is 0 Å². The van der Waals surface area contributed by atoms with Crippen LogP contribution in [0.15, 0.2) is 30.6 Å². The summed E-state index contributed by atoms with van der Waals surface area (Å²) in [6.07, 6.45) is 9.55. The van der Waals surface area contributed by atoms with Gasteiger partial charge in [-0.1, -0.05) is 26.0 Å². The van der Waals surface area contributed by atoms with Crippen LogP contribution in [0.4, 0.5) is 5.69 Å². The smallest absolute Gasteiger partial charge is 0.0568 e. The van der Waals surface area contributed by atoms with Gasteiger partial charge in [-0.3, -0.25) is 4.68 Å². The van der Waals surface area contributed by atoms with Gasteiger partial charge in [0.05, 0.1) is 12.2 Å². The minimum absolute atomic E-state index is 0.272. The SMILES string of the molecule is CC1(C)CN(C2CC2)c2cc(-c3cnn(C4CC4)c3)ccc21. The van der Waals surface area contributed by atoms with Gasteiger partial charge in [-0.2, -0.15) is 5.10 Å². The molecule has 0 atom stereocenters. The summed E-state index contributed by atoms with van der Waals surface area (Å²) in [4.78, 5) is 2.64. The average Bonchev–Trinajstić information content (AvgIpc) is 3.43. The second-order valence-corrected chi connectivity index (χ2v) is 7.92. The predicted octanol–water partition coefficient (Wildman–Crippen LogP) is 4.15. The molecule has 0 unspecified atom stereocenters. The molecule has 2 saturated carbocycles. The highest BCUT2D eigenvalue weighted by Gasteiger charge is 2.41. The highest BCUT2D eigenvalue weighted by atomic mass is 15.3. The first kappa shape index (κ1) is 12.7. The Morgan fingerprint density at radius 3 is 2.55 bits per heavy atom. The largest absolute Gasteiger partial charge is 0.367 e. The molecule has 2 aromatic rings. The second kappa shape index (κ2) is 4.15. The number of hydrogen-bond donors (Lipinski definition) is 0. The fourth-order valence-corrected chi connectivity index (χ4v) is 3.86. The fraction of sp³-hybridized carbons (Fsp3) is 0.526. The quantitative estimate of drug-likeness (QED) is 0.848. The van der Waals surface area contributed by atoms with E-state index in [4.69, 9.17) is 0 Å². The molecule has 0 amide bonds. The fourth-order valence-electron chi connectivity index (χ4n) is 3.86. The molecule has 3 nitrogen and oxygen atoms in total. The molecule has 0 saturated heterocycles. The summed E-state index contributed by atoms with van der Waals surface area (Å²) in [5.41, 5.74) is 5.82. The van der Waals surface area contributed by atoms with Crippen LogP contribution < -0.4 is 4.90 Å². The van der Waals surface area contributed by atoms with Crippen molar-refractivity contribution in [2.75, 3.05) is 11.4 Å². The van der Waals surface area contributed by atoms with E-state index in [0.717, 1.165) is 12.6 Å². The van der Waals surface area contributed by atoms with Crippen molar-refractivity contribution in [3.8, 4) is 11.1 Å². The maximum Gasteiger partial charge on any atom is 0.0568 e. The van der Waals surface area contributed by atoms with E-state index in [1.54, 1.807) is 0 Å². The molecule has 0 bridgehead atoms. The molecule has 0 radical (unpaired) electrons. The minimum Gasteiger partial charge on any atom is -0.367 e. The van der Waals surface area contributed by atoms with E-state index in [-0.39, 0.29) is 5.41 Å². The van der Waals surface area contributed by atoms with Gasteiger partial charge in [-0.25, -0.2) is 0 Å². The van der Waals surface area contributed by atoms with Crippen molar-refractivity contribution in [1.29, 1.82) is 0 Å². The summed E-state index contributed by atoms with van der Waals surface area (Å²) >= 11 is 0. The van der Waals surface area contributed by atoms with Crippen LogP contribution in [-0.4, -0.2) is 22.4 Å². The van der Waals surface area contributed by atoms with E-state index in [0.29, 0.717) is 6.04 Å². The zero-order valence-electron chi connectivity index (χ0n) is 13.4. The van der Waals surface area contributed by atoms with Crippen molar-refractivity contribution in [2.24, 2.45) is 0 Å². The Balaban J connectivity index is 1.56. The van der Waals surface area contributed by atoms with Crippen LogP contribution in [0.2, 0.25) is 0 Å². The second-order valence-electron chi connectivity index (χ2n) is 7.92. The van der Waals surface area contributed by atoms with E-state index in [9.17, 15) is 0 Å². The standard InChI is InChI=1S/C19H23N3/c1-19(2)12-21(15-4-5-15)18-9-13(3-8-17(18)19)14-10-20-22(11-14)16-6-7-16/h3,8-11,15-16H,4-7,12H2,1-2H3. The number of benzene rings is 1. The van der Waals surface area contributed by atoms with Crippen LogP contribution in [0.3, 0.4) is 0 Å². The van der Waals surface area contributed by atoms with Gasteiger partial charge < -0.3 is 4.90 Å². The van der Waals surface area contributed by atoms with Crippen molar-refractivity contribution in [3.05, 3.63) is 36.2 Å². The zero-order valence-corrected chi connectivity index (χ0v) is 13.4. The minimum atomic E-state index is 0.272. The van der Waals surface area contributed by atoms with Crippen molar-refractivity contribution < 1.29 is 0 Å². The summed E-state index contributed by atoms with van der Waals surface area (Å²) in [5.74, 6) is 0. The van der Waals surface area contributed by atoms with Gasteiger partial charge in [0, 0.05) is 35.4 Å². The molecule has 2 fully saturated rings. The molecule has 2 heterocycles. The lowest BCUT2D eigenvalue weighted by molar-refractivity contribution is 0.549. The average molecular weight is 293 g/mol. The molecule has 3 aliphatic rings. The lowest BCUT2D eigenvalue weighted by Gasteiger charge is -2.22. The molecule has 1 aliphatic heterocycles. The molecular weight excluding hydrogens is 270 g/mol. The molecule has 2 aliphatic carbocycles. The van der Waals surface area contributed by atoms with Gasteiger partial charge in [0.2, 0.25) is 0 Å². The number of fused-ring (bicyclic) bond motifs is 1. The van der Waals surface area contributed by atoms with Gasteiger partial charge in [-0.05, 0) is 42.9 Å². The summed E-state index contributed by atoms with van der Waals surface area (Å²) in [6, 6.07) is 8.47. The predicted molar refractivity (Wildman–Crippen MR) is 89.3 cm³/mol. The van der Waals surface area contributed by atoms with E-state index >= 15 is 0 Å². The van der Waals surface area contributed by atoms with Crippen LogP contribution in [0.1, 0.15) is 51.1 Å². The Kier molecular flexibility index (Phi) is 2.41. The third kappa shape index (κ3) is 1.91. The van der Waals surface area contributed by atoms with Crippen molar-refractivity contribution in [1.82, 2.24) is 9.78 Å². The lowest BCUT2D eigenvalue weighted by atomic mass is 9.86. The third-order valence-corrected chi connectivity index (χ3v) is 5.45. The van der Waals surface area contributed by atoms with Crippen LogP contribution in [0.5, 0.6) is 0 Å². The first-order valence-corrected chi connectivity index (χ1v) is 8.57. The van der Waals surface area contributed by atoms with Gasteiger partial charge in [-0.15, -0.1) is 0 Å². The Morgan fingerprint density at radius 1 is 1.05 bits per heavy atom. The Bertz CT molecular complexity index is 735. The van der Waals surface area contributed by atoms with Crippen LogP contribution >= 0.6 is 0 Å². The molecule has 1 aromatic carbocycles. The first-order chi connectivity index (χ1) is 10.6. The van der Waals surface area contributed by atoms with Crippen molar-refractivity contribution in [3.63, 3.8) is 0 Å². The van der Waals surface area contributed by atoms with Crippen molar-refractivity contribution >= 4 is 5.69 Å². The molecule has 114 valence electrons. The van der Waals surface area contributed by atoms with Crippen LogP contribution in [-0.2, 0) is 5.41 Å². The van der Waals surface area contributed by atoms with E-state index in [1.165, 1.54) is 48.1 Å². The summed E-state index contributed by atoms with van der Waals surface area (Å²) in [5, 5.41) is 4.55. The number of anilines is 1. The summed E-state index contributed by atoms with van der Waals surface area (Å²) in [7, 11) is 0. The van der Waals surface area contributed by atoms with Crippen molar-refractivity contribution in [2.45, 2.75) is 57.0 Å². The molecule has 22 heavy (non-hydrogen) atoms. The topological polar surface area (TPSA) is 21.1 Å². The Labute approximate surface area is 131 Å². The monoisotopic (exact) mass is 293 g/mol. The maximum atomic E-state index is 4.55. The maximum absolute atomic E-state index is 4.55. The molecule has 5 rings (SSSR count). The number of aromatic nitrogens is 2. The first-order valence-electron chi connectivity index (χ1n) is 8.57. The van der Waals surface area contributed by atoms with Gasteiger partial charge in [0.1, 0.15) is 0 Å². The summed E-state index contributed by atoms with van der Waals surface area (Å²) in [6.45, 7) is 5.91. The zero-order chi connectivity index (χ0) is 14.9.